The van der Waals surface area contributed by atoms with E-state index in [-0.39, 0.29) is 25.7 Å². The van der Waals surface area contributed by atoms with E-state index in [2.05, 4.69) is 161 Å². The first-order valence-corrected chi connectivity index (χ1v) is 44.1. The molecule has 2 unspecified atom stereocenters. The standard InChI is InChI=1S/C87H146O17P2/c1-5-9-13-17-21-25-29-33-36-38-40-42-45-48-51-55-59-63-67-71-84(89)97-77-82(103-86(91)73-69-65-61-57-53-47-32-28-24-20-16-12-8-4)79-101-105(93,94)99-75-81(88)76-100-106(95,96)102-80-83(104-87(92)74-70-66-62-58-54-50-44-35-31-27-23-19-15-11-7-3)78-98-85(90)72-68-64-60-56-52-49-46-43-41-39-37-34-30-26-22-18-14-10-6-2/h10,14,21-23,25-27,33-37,40-44,48-49,51-52,59,63,81-83,88H,5-9,11-13,15-20,24,28-32,38-39,45-47,50,53-58,60-62,64-80H2,1-4H3,(H,93,94)(H,95,96)/b14-10-,25-21-,26-22-,27-23-,36-33-,37-34-,42-40-,43-41-,44-35-,51-48-,52-49-,63-59-/t81-,82+,83+/m0/s1. The predicted molar refractivity (Wildman–Crippen MR) is 436 cm³/mol. The number of rotatable bonds is 76. The summed E-state index contributed by atoms with van der Waals surface area (Å²) in [6.45, 7) is 4.58. The minimum atomic E-state index is -5.00. The summed E-state index contributed by atoms with van der Waals surface area (Å²) in [6, 6.07) is 0. The molecule has 0 aliphatic carbocycles. The summed E-state index contributed by atoms with van der Waals surface area (Å²) in [4.78, 5) is 73.1. The first-order chi connectivity index (χ1) is 51.7. The molecule has 3 N–H and O–H groups in total. The van der Waals surface area contributed by atoms with E-state index in [1.165, 1.54) is 89.9 Å². The molecule has 0 aliphatic heterocycles. The first kappa shape index (κ1) is 101. The van der Waals surface area contributed by atoms with Crippen LogP contribution in [0.2, 0.25) is 0 Å². The SMILES string of the molecule is CC/C=C\C/C=C\C/C=C\C/C=C\C/C=C\CCCCCC(=O)OC[C@H](COP(=O)(O)OC[C@@H](O)COP(=O)(O)OC[C@@H](COC(=O)CC/C=C\C/C=C\C/C=C\C/C=C\C/C=C\CCCCC)OC(=O)CCCCCCCCCCCCCCC)OC(=O)CCCCCCC/C=C\C/C=C\CCCCC. The van der Waals surface area contributed by atoms with E-state index in [9.17, 15) is 43.2 Å². The van der Waals surface area contributed by atoms with Crippen molar-refractivity contribution in [2.45, 2.75) is 341 Å². The number of hydrogen-bond donors (Lipinski definition) is 3. The van der Waals surface area contributed by atoms with E-state index >= 15 is 0 Å². The minimum absolute atomic E-state index is 0.0360. The molecular weight excluding hydrogens is 1380 g/mol. The van der Waals surface area contributed by atoms with Gasteiger partial charge in [0, 0.05) is 25.7 Å². The summed E-state index contributed by atoms with van der Waals surface area (Å²) in [5.74, 6) is -2.32. The van der Waals surface area contributed by atoms with Crippen LogP contribution in [-0.4, -0.2) is 96.7 Å². The monoisotopic (exact) mass is 1530 g/mol. The number of aliphatic hydroxyl groups excluding tert-OH is 1. The lowest BCUT2D eigenvalue weighted by molar-refractivity contribution is -0.161. The molecule has 0 aliphatic rings. The highest BCUT2D eigenvalue weighted by Crippen LogP contribution is 2.45. The van der Waals surface area contributed by atoms with Gasteiger partial charge < -0.3 is 33.8 Å². The molecule has 0 fully saturated rings. The molecule has 0 aromatic heterocycles. The van der Waals surface area contributed by atoms with E-state index in [0.29, 0.717) is 32.1 Å². The van der Waals surface area contributed by atoms with Gasteiger partial charge in [-0.15, -0.1) is 0 Å². The van der Waals surface area contributed by atoms with Crippen LogP contribution in [-0.2, 0) is 65.4 Å². The van der Waals surface area contributed by atoms with Crippen molar-refractivity contribution < 1.29 is 80.2 Å². The van der Waals surface area contributed by atoms with Gasteiger partial charge in [-0.1, -0.05) is 302 Å². The van der Waals surface area contributed by atoms with Gasteiger partial charge in [-0.05, 0) is 141 Å². The van der Waals surface area contributed by atoms with Crippen molar-refractivity contribution in [2.75, 3.05) is 39.6 Å². The Labute approximate surface area is 643 Å². The predicted octanol–water partition coefficient (Wildman–Crippen LogP) is 24.2. The number of carbonyl (C=O) groups excluding carboxylic acids is 4. The molecule has 0 aromatic rings. The number of allylic oxidation sites excluding steroid dienone is 24. The fourth-order valence-electron chi connectivity index (χ4n) is 10.6. The van der Waals surface area contributed by atoms with Gasteiger partial charge in [-0.25, -0.2) is 9.13 Å². The van der Waals surface area contributed by atoms with Gasteiger partial charge in [0.1, 0.15) is 19.3 Å². The van der Waals surface area contributed by atoms with E-state index in [1.54, 1.807) is 0 Å². The Bertz CT molecular complexity index is 2580. The maximum Gasteiger partial charge on any atom is 0.472 e. The van der Waals surface area contributed by atoms with Crippen LogP contribution in [0.25, 0.3) is 0 Å². The third kappa shape index (κ3) is 77.1. The van der Waals surface area contributed by atoms with Crippen molar-refractivity contribution in [3.8, 4) is 0 Å². The molecule has 0 heterocycles. The molecule has 0 saturated heterocycles. The second-order valence-electron chi connectivity index (χ2n) is 27.0. The normalized spacial score (nSPS) is 14.6. The third-order valence-corrected chi connectivity index (χ3v) is 18.7. The van der Waals surface area contributed by atoms with E-state index < -0.39 is 97.5 Å². The Morgan fingerprint density at radius 2 is 0.509 bits per heavy atom. The van der Waals surface area contributed by atoms with Crippen molar-refractivity contribution in [1.82, 2.24) is 0 Å². The fraction of sp³-hybridized carbons (Fsp3) is 0.678. The number of unbranched alkanes of at least 4 members (excludes halogenated alkanes) is 26. The summed E-state index contributed by atoms with van der Waals surface area (Å²) in [5, 5.41) is 10.6. The zero-order valence-corrected chi connectivity index (χ0v) is 68.1. The number of ether oxygens (including phenoxy) is 4. The van der Waals surface area contributed by atoms with Crippen LogP contribution in [0.1, 0.15) is 323 Å². The van der Waals surface area contributed by atoms with Crippen LogP contribution >= 0.6 is 15.6 Å². The molecule has 17 nitrogen and oxygen atoms in total. The third-order valence-electron chi connectivity index (χ3n) is 16.8. The molecular formula is C87H146O17P2. The lowest BCUT2D eigenvalue weighted by Crippen LogP contribution is -2.30. The molecule has 606 valence electrons. The molecule has 106 heavy (non-hydrogen) atoms. The van der Waals surface area contributed by atoms with Crippen LogP contribution < -0.4 is 0 Å². The number of hydrogen-bond acceptors (Lipinski definition) is 15. The molecule has 5 atom stereocenters. The molecule has 0 radical (unpaired) electrons. The number of esters is 4. The summed E-state index contributed by atoms with van der Waals surface area (Å²) in [7, 11) is -10.00. The lowest BCUT2D eigenvalue weighted by atomic mass is 10.0. The largest absolute Gasteiger partial charge is 0.472 e. The van der Waals surface area contributed by atoms with Crippen LogP contribution in [0, 0.1) is 0 Å². The van der Waals surface area contributed by atoms with Gasteiger partial charge in [0.25, 0.3) is 0 Å². The van der Waals surface area contributed by atoms with Gasteiger partial charge >= 0.3 is 39.5 Å². The number of aliphatic hydroxyl groups is 1. The Morgan fingerprint density at radius 1 is 0.274 bits per heavy atom. The Morgan fingerprint density at radius 3 is 0.840 bits per heavy atom. The summed E-state index contributed by atoms with van der Waals surface area (Å²) >= 11 is 0. The smallest absolute Gasteiger partial charge is 0.462 e. The van der Waals surface area contributed by atoms with E-state index in [1.807, 2.05) is 12.2 Å². The molecule has 0 aromatic carbocycles. The molecule has 0 bridgehead atoms. The molecule has 0 saturated carbocycles. The molecule has 0 spiro atoms. The second-order valence-corrected chi connectivity index (χ2v) is 29.9. The Kier molecular flexibility index (Phi) is 74.3. The Hall–Kier alpha value is -5.06. The quantitative estimate of drug-likeness (QED) is 0.0169. The van der Waals surface area contributed by atoms with E-state index in [4.69, 9.17) is 37.0 Å². The molecule has 0 amide bonds. The van der Waals surface area contributed by atoms with Crippen LogP contribution in [0.3, 0.4) is 0 Å². The highest BCUT2D eigenvalue weighted by Gasteiger charge is 2.30. The van der Waals surface area contributed by atoms with Crippen molar-refractivity contribution in [3.63, 3.8) is 0 Å². The van der Waals surface area contributed by atoms with Crippen molar-refractivity contribution in [3.05, 3.63) is 146 Å². The first-order valence-electron chi connectivity index (χ1n) is 41.1. The number of phosphoric acid groups is 2. The number of phosphoric ester groups is 2. The van der Waals surface area contributed by atoms with Gasteiger partial charge in [0.15, 0.2) is 12.2 Å². The Balaban J connectivity index is 5.45. The average molecular weight is 1530 g/mol. The highest BCUT2D eigenvalue weighted by atomic mass is 31.2. The average Bonchev–Trinajstić information content (AvgIpc) is 0.933. The highest BCUT2D eigenvalue weighted by molar-refractivity contribution is 7.47. The van der Waals surface area contributed by atoms with Crippen LogP contribution in [0.4, 0.5) is 0 Å². The second kappa shape index (κ2) is 78.1. The topological polar surface area (TPSA) is 237 Å². The van der Waals surface area contributed by atoms with Gasteiger partial charge in [0.2, 0.25) is 0 Å². The molecule has 19 heteroatoms. The van der Waals surface area contributed by atoms with Crippen molar-refractivity contribution in [2.24, 2.45) is 0 Å². The van der Waals surface area contributed by atoms with Gasteiger partial charge in [-0.3, -0.25) is 37.3 Å². The molecule has 0 rings (SSSR count). The van der Waals surface area contributed by atoms with E-state index in [0.717, 1.165) is 148 Å². The minimum Gasteiger partial charge on any atom is -0.462 e. The lowest BCUT2D eigenvalue weighted by Gasteiger charge is -2.21. The van der Waals surface area contributed by atoms with Crippen LogP contribution in [0.15, 0.2) is 146 Å². The fourth-order valence-corrected chi connectivity index (χ4v) is 12.1. The van der Waals surface area contributed by atoms with Crippen LogP contribution in [0.5, 0.6) is 0 Å². The zero-order valence-electron chi connectivity index (χ0n) is 66.3. The van der Waals surface area contributed by atoms with Gasteiger partial charge in [0.05, 0.1) is 26.4 Å². The van der Waals surface area contributed by atoms with Crippen molar-refractivity contribution >= 4 is 39.5 Å². The summed E-state index contributed by atoms with van der Waals surface area (Å²) < 4.78 is 68.6. The maximum atomic E-state index is 13.1. The van der Waals surface area contributed by atoms with Gasteiger partial charge in [-0.2, -0.15) is 0 Å². The summed E-state index contributed by atoms with van der Waals surface area (Å²) in [6.07, 6.45) is 89.8. The van der Waals surface area contributed by atoms with Crippen molar-refractivity contribution in [1.29, 1.82) is 0 Å². The number of carbonyl (C=O) groups is 4. The maximum absolute atomic E-state index is 13.1. The summed E-state index contributed by atoms with van der Waals surface area (Å²) in [5.41, 5.74) is 0. The zero-order chi connectivity index (χ0) is 77.4.